The third-order valence-corrected chi connectivity index (χ3v) is 7.46. The van der Waals surface area contributed by atoms with Crippen molar-refractivity contribution in [3.63, 3.8) is 0 Å². The largest absolute Gasteiger partial charge is 1.00 e. The van der Waals surface area contributed by atoms with Gasteiger partial charge in [-0.3, -0.25) is 4.31 Å². The lowest BCUT2D eigenvalue weighted by Gasteiger charge is -2.30. The van der Waals surface area contributed by atoms with Crippen molar-refractivity contribution < 1.29 is 37.0 Å². The van der Waals surface area contributed by atoms with Crippen LogP contribution in [0.1, 0.15) is 11.6 Å². The minimum absolute atomic E-state index is 0. The highest BCUT2D eigenvalue weighted by Gasteiger charge is 2.38. The normalized spacial score (nSPS) is 16.4. The predicted molar refractivity (Wildman–Crippen MR) is 108 cm³/mol. The van der Waals surface area contributed by atoms with E-state index in [1.807, 2.05) is 55.6 Å². The molecule has 0 fully saturated rings. The second-order valence-electron chi connectivity index (χ2n) is 6.29. The van der Waals surface area contributed by atoms with Crippen LogP contribution in [-0.4, -0.2) is 19.4 Å². The Bertz CT molecular complexity index is 1050. The van der Waals surface area contributed by atoms with E-state index in [1.54, 1.807) is 16.4 Å². The Labute approximate surface area is 184 Å². The Hall–Kier alpha value is -0.940. The summed E-state index contributed by atoms with van der Waals surface area (Å²) in [6.07, 6.45) is 2.05. The second kappa shape index (κ2) is 7.59. The molecule has 0 saturated carbocycles. The molecule has 0 bridgehead atoms. The molecule has 0 amide bonds. The van der Waals surface area contributed by atoms with Crippen molar-refractivity contribution in [1.29, 1.82) is 0 Å². The molecule has 4 rings (SSSR count). The van der Waals surface area contributed by atoms with Gasteiger partial charge in [-0.15, -0.1) is 0 Å². The number of sulfonamides is 1. The van der Waals surface area contributed by atoms with E-state index in [1.165, 1.54) is 0 Å². The van der Waals surface area contributed by atoms with Crippen molar-refractivity contribution >= 4 is 49.2 Å². The van der Waals surface area contributed by atoms with Crippen LogP contribution in [0, 0.1) is 6.92 Å². The Morgan fingerprint density at radius 1 is 1.12 bits per heavy atom. The number of halogens is 2. The molecule has 136 valence electrons. The molecule has 0 spiro atoms. The molecule has 0 radical (unpaired) electrons. The zero-order chi connectivity index (χ0) is 17.6. The summed E-state index contributed by atoms with van der Waals surface area (Å²) in [5, 5.41) is 1.05. The van der Waals surface area contributed by atoms with E-state index in [9.17, 15) is 8.42 Å². The molecule has 1 aliphatic heterocycles. The topological polar surface area (TPSA) is 41.3 Å². The average molecular weight is 592 g/mol. The lowest BCUT2D eigenvalue weighted by Crippen LogP contribution is -3.00. The summed E-state index contributed by atoms with van der Waals surface area (Å²) < 4.78 is 31.3. The maximum Gasteiger partial charge on any atom is 0.264 e. The van der Waals surface area contributed by atoms with E-state index >= 15 is 0 Å². The third kappa shape index (κ3) is 3.22. The van der Waals surface area contributed by atoms with Gasteiger partial charge in [0, 0.05) is 11.5 Å². The summed E-state index contributed by atoms with van der Waals surface area (Å²) in [5.41, 5.74) is 2.78. The van der Waals surface area contributed by atoms with Gasteiger partial charge in [0.15, 0.2) is 12.2 Å². The van der Waals surface area contributed by atoms with E-state index in [0.29, 0.717) is 11.4 Å². The van der Waals surface area contributed by atoms with Crippen LogP contribution in [0.15, 0.2) is 65.7 Å². The first kappa shape index (κ1) is 19.8. The van der Waals surface area contributed by atoms with Crippen molar-refractivity contribution in [3.8, 4) is 0 Å². The number of nitrogens with zero attached hydrogens (tertiary/aromatic N) is 2. The average Bonchev–Trinajstić information content (AvgIpc) is 2.62. The molecule has 1 aliphatic rings. The quantitative estimate of drug-likeness (QED) is 0.255. The maximum absolute atomic E-state index is 13.3. The molecule has 26 heavy (non-hydrogen) atoms. The summed E-state index contributed by atoms with van der Waals surface area (Å²) in [5.74, 6) is 0. The SMILES string of the molecule is Cc1ccc(S(=O)(=O)N2CC(CI)[n+]3cccc4cccc2c43)cc1.[I-]. The molecule has 2 aromatic carbocycles. The number of para-hydroxylation sites is 1. The van der Waals surface area contributed by atoms with Crippen LogP contribution in [0.25, 0.3) is 10.9 Å². The lowest BCUT2D eigenvalue weighted by molar-refractivity contribution is -0.691. The van der Waals surface area contributed by atoms with Crippen LogP contribution < -0.4 is 32.8 Å². The summed E-state index contributed by atoms with van der Waals surface area (Å²) in [7, 11) is -3.59. The van der Waals surface area contributed by atoms with Crippen molar-refractivity contribution in [2.24, 2.45) is 0 Å². The molecule has 7 heteroatoms. The van der Waals surface area contributed by atoms with Crippen LogP contribution in [0.2, 0.25) is 0 Å². The fourth-order valence-electron chi connectivity index (χ4n) is 3.35. The van der Waals surface area contributed by atoms with Gasteiger partial charge in [-0.25, -0.2) is 8.42 Å². The Balaban J connectivity index is 0.00000196. The Kier molecular flexibility index (Phi) is 5.78. The van der Waals surface area contributed by atoms with Gasteiger partial charge in [-0.05, 0) is 37.3 Å². The molecule has 1 aromatic heterocycles. The zero-order valence-electron chi connectivity index (χ0n) is 14.1. The van der Waals surface area contributed by atoms with E-state index < -0.39 is 10.0 Å². The lowest BCUT2D eigenvalue weighted by atomic mass is 10.1. The summed E-state index contributed by atoms with van der Waals surface area (Å²) in [4.78, 5) is 0.340. The van der Waals surface area contributed by atoms with E-state index in [-0.39, 0.29) is 30.0 Å². The van der Waals surface area contributed by atoms with Gasteiger partial charge in [0.1, 0.15) is 5.69 Å². The predicted octanol–water partition coefficient (Wildman–Crippen LogP) is 0.625. The number of alkyl halides is 1. The first-order chi connectivity index (χ1) is 12.0. The van der Waals surface area contributed by atoms with Gasteiger partial charge < -0.3 is 24.0 Å². The highest BCUT2D eigenvalue weighted by molar-refractivity contribution is 14.1. The van der Waals surface area contributed by atoms with E-state index in [2.05, 4.69) is 27.2 Å². The smallest absolute Gasteiger partial charge is 0.264 e. The number of aromatic nitrogens is 1. The van der Waals surface area contributed by atoms with Gasteiger partial charge in [-0.2, -0.15) is 4.57 Å². The molecule has 3 aromatic rings. The molecule has 0 saturated heterocycles. The molecular formula is C19H18I2N2O2S. The Morgan fingerprint density at radius 2 is 1.81 bits per heavy atom. The van der Waals surface area contributed by atoms with Crippen LogP contribution in [0.4, 0.5) is 5.69 Å². The van der Waals surface area contributed by atoms with Crippen molar-refractivity contribution in [2.75, 3.05) is 15.3 Å². The molecule has 0 N–H and O–H groups in total. The molecule has 1 atom stereocenters. The monoisotopic (exact) mass is 592 g/mol. The second-order valence-corrected chi connectivity index (χ2v) is 9.03. The third-order valence-electron chi connectivity index (χ3n) is 4.65. The van der Waals surface area contributed by atoms with Crippen LogP contribution >= 0.6 is 22.6 Å². The number of hydrogen-bond donors (Lipinski definition) is 0. The van der Waals surface area contributed by atoms with Gasteiger partial charge in [0.25, 0.3) is 10.0 Å². The number of rotatable bonds is 3. The van der Waals surface area contributed by atoms with Crippen LogP contribution in [0.3, 0.4) is 0 Å². The van der Waals surface area contributed by atoms with Gasteiger partial charge in [0.05, 0.1) is 15.9 Å². The summed E-state index contributed by atoms with van der Waals surface area (Å²) in [6, 6.07) is 17.1. The molecule has 0 aliphatic carbocycles. The number of benzene rings is 2. The molecular weight excluding hydrogens is 574 g/mol. The van der Waals surface area contributed by atoms with Gasteiger partial charge in [0.2, 0.25) is 5.52 Å². The summed E-state index contributed by atoms with van der Waals surface area (Å²) in [6.45, 7) is 2.40. The maximum atomic E-state index is 13.3. The van der Waals surface area contributed by atoms with E-state index in [4.69, 9.17) is 0 Å². The first-order valence-electron chi connectivity index (χ1n) is 8.10. The Morgan fingerprint density at radius 3 is 2.50 bits per heavy atom. The van der Waals surface area contributed by atoms with E-state index in [0.717, 1.165) is 26.6 Å². The number of aryl methyl sites for hydroxylation is 1. The fraction of sp³-hybridized carbons (Fsp3) is 0.211. The standard InChI is InChI=1S/C19H18IN2O2S.HI/c1-14-7-9-17(10-8-14)25(23,24)22-13-16(12-20)21-11-3-5-15-4-2-6-18(22)19(15)21;/h2-11,16H,12-13H2,1H3;1H/q+1;/p-1. The van der Waals surface area contributed by atoms with Crippen molar-refractivity contribution in [1.82, 2.24) is 0 Å². The van der Waals surface area contributed by atoms with Crippen molar-refractivity contribution in [3.05, 3.63) is 66.4 Å². The summed E-state index contributed by atoms with van der Waals surface area (Å²) >= 11 is 2.33. The highest BCUT2D eigenvalue weighted by atomic mass is 127. The first-order valence-corrected chi connectivity index (χ1v) is 11.1. The minimum atomic E-state index is -3.59. The minimum Gasteiger partial charge on any atom is -1.00 e. The fourth-order valence-corrected chi connectivity index (χ4v) is 5.56. The highest BCUT2D eigenvalue weighted by Crippen LogP contribution is 2.34. The molecule has 2 heterocycles. The van der Waals surface area contributed by atoms with Gasteiger partial charge in [-0.1, -0.05) is 46.4 Å². The number of hydrogen-bond acceptors (Lipinski definition) is 2. The molecule has 1 unspecified atom stereocenters. The zero-order valence-corrected chi connectivity index (χ0v) is 19.3. The van der Waals surface area contributed by atoms with Gasteiger partial charge >= 0.3 is 0 Å². The molecule has 4 nitrogen and oxygen atoms in total. The van der Waals surface area contributed by atoms with Crippen LogP contribution in [-0.2, 0) is 10.0 Å². The van der Waals surface area contributed by atoms with Crippen LogP contribution in [0.5, 0.6) is 0 Å². The number of pyridine rings is 1. The van der Waals surface area contributed by atoms with Crippen molar-refractivity contribution in [2.45, 2.75) is 17.9 Å². The number of anilines is 1.